The molecule has 0 bridgehead atoms. The maximum atomic E-state index is 12.6. The van der Waals surface area contributed by atoms with Crippen molar-refractivity contribution in [2.45, 2.75) is 25.8 Å². The molecule has 2 fully saturated rings. The van der Waals surface area contributed by atoms with E-state index in [0.29, 0.717) is 17.7 Å². The minimum Gasteiger partial charge on any atom is -0.337 e. The van der Waals surface area contributed by atoms with Crippen molar-refractivity contribution in [2.24, 2.45) is 5.41 Å². The highest BCUT2D eigenvalue weighted by atomic mass is 32.1. The number of aromatic nitrogens is 3. The summed E-state index contributed by atoms with van der Waals surface area (Å²) in [6.07, 6.45) is 5.19. The van der Waals surface area contributed by atoms with Crippen LogP contribution in [0.25, 0.3) is 0 Å². The molecule has 0 radical (unpaired) electrons. The average Bonchev–Trinajstić information content (AvgIpc) is 3.31. The van der Waals surface area contributed by atoms with Gasteiger partial charge < -0.3 is 10.2 Å². The molecular formula is C16H21N5OS. The smallest absolute Gasteiger partial charge is 0.276 e. The van der Waals surface area contributed by atoms with Gasteiger partial charge in [0.2, 0.25) is 0 Å². The lowest BCUT2D eigenvalue weighted by Crippen LogP contribution is -2.44. The van der Waals surface area contributed by atoms with Crippen LogP contribution in [0.3, 0.4) is 0 Å². The summed E-state index contributed by atoms with van der Waals surface area (Å²) < 4.78 is 1.74. The zero-order chi connectivity index (χ0) is 15.7. The Labute approximate surface area is 139 Å². The van der Waals surface area contributed by atoms with Crippen LogP contribution in [0.5, 0.6) is 0 Å². The van der Waals surface area contributed by atoms with E-state index >= 15 is 0 Å². The molecule has 23 heavy (non-hydrogen) atoms. The van der Waals surface area contributed by atoms with E-state index in [0.717, 1.165) is 39.0 Å². The molecule has 4 heterocycles. The van der Waals surface area contributed by atoms with Crippen molar-refractivity contribution in [3.63, 3.8) is 0 Å². The van der Waals surface area contributed by atoms with Crippen LogP contribution in [0, 0.1) is 5.41 Å². The van der Waals surface area contributed by atoms with Crippen molar-refractivity contribution in [3.8, 4) is 0 Å². The first-order valence-corrected chi connectivity index (χ1v) is 9.05. The number of nitrogens with zero attached hydrogens (tertiary/aromatic N) is 4. The van der Waals surface area contributed by atoms with Gasteiger partial charge in [0.15, 0.2) is 5.69 Å². The second kappa shape index (κ2) is 6.05. The second-order valence-electron chi connectivity index (χ2n) is 6.60. The second-order valence-corrected chi connectivity index (χ2v) is 7.63. The lowest BCUT2D eigenvalue weighted by molar-refractivity contribution is 0.0602. The standard InChI is InChI=1S/C16H21N5OS/c22-15(20-7-4-16(5-8-20)3-6-17-12-16)14-11-21(19-18-14)10-13-2-1-9-23-13/h1-2,9,11,17H,3-8,10,12H2. The van der Waals surface area contributed by atoms with Gasteiger partial charge >= 0.3 is 0 Å². The van der Waals surface area contributed by atoms with E-state index in [2.05, 4.69) is 21.7 Å². The molecule has 1 spiro atoms. The van der Waals surface area contributed by atoms with Crippen LogP contribution in [0.1, 0.15) is 34.6 Å². The van der Waals surface area contributed by atoms with Crippen molar-refractivity contribution in [2.75, 3.05) is 26.2 Å². The Morgan fingerprint density at radius 3 is 2.91 bits per heavy atom. The fourth-order valence-electron chi connectivity index (χ4n) is 3.60. The number of hydrogen-bond donors (Lipinski definition) is 1. The number of hydrogen-bond acceptors (Lipinski definition) is 5. The quantitative estimate of drug-likeness (QED) is 0.928. The van der Waals surface area contributed by atoms with Gasteiger partial charge in [0.25, 0.3) is 5.91 Å². The molecule has 2 aliphatic heterocycles. The summed E-state index contributed by atoms with van der Waals surface area (Å²) in [5.74, 6) is 0.0169. The Balaban J connectivity index is 1.38. The molecule has 0 aliphatic carbocycles. The molecule has 2 aromatic rings. The average molecular weight is 331 g/mol. The Morgan fingerprint density at radius 1 is 1.35 bits per heavy atom. The number of nitrogens with one attached hydrogen (secondary N) is 1. The van der Waals surface area contributed by atoms with Gasteiger partial charge in [0.05, 0.1) is 12.7 Å². The van der Waals surface area contributed by atoms with Crippen LogP contribution >= 0.6 is 11.3 Å². The van der Waals surface area contributed by atoms with E-state index in [4.69, 9.17) is 0 Å². The van der Waals surface area contributed by atoms with Gasteiger partial charge in [-0.05, 0) is 42.7 Å². The van der Waals surface area contributed by atoms with Gasteiger partial charge in [-0.15, -0.1) is 16.4 Å². The maximum Gasteiger partial charge on any atom is 0.276 e. The highest BCUT2D eigenvalue weighted by Crippen LogP contribution is 2.37. The highest BCUT2D eigenvalue weighted by Gasteiger charge is 2.38. The predicted molar refractivity (Wildman–Crippen MR) is 88.5 cm³/mol. The van der Waals surface area contributed by atoms with Crippen LogP contribution in [-0.2, 0) is 6.54 Å². The molecule has 1 amide bonds. The van der Waals surface area contributed by atoms with Gasteiger partial charge in [0.1, 0.15) is 0 Å². The summed E-state index contributed by atoms with van der Waals surface area (Å²) in [5, 5.41) is 13.7. The van der Waals surface area contributed by atoms with Crippen molar-refractivity contribution in [1.29, 1.82) is 0 Å². The summed E-state index contributed by atoms with van der Waals surface area (Å²) in [7, 11) is 0. The van der Waals surface area contributed by atoms with Gasteiger partial charge in [-0.1, -0.05) is 11.3 Å². The van der Waals surface area contributed by atoms with E-state index in [1.807, 2.05) is 16.3 Å². The summed E-state index contributed by atoms with van der Waals surface area (Å²) in [6, 6.07) is 4.08. The van der Waals surface area contributed by atoms with E-state index in [1.165, 1.54) is 11.3 Å². The normalized spacial score (nSPS) is 20.3. The molecular weight excluding hydrogens is 310 g/mol. The van der Waals surface area contributed by atoms with E-state index in [1.54, 1.807) is 22.2 Å². The first-order chi connectivity index (χ1) is 11.2. The number of thiophene rings is 1. The molecule has 0 unspecified atom stereocenters. The van der Waals surface area contributed by atoms with Crippen molar-refractivity contribution in [3.05, 3.63) is 34.3 Å². The van der Waals surface area contributed by atoms with Crippen molar-refractivity contribution in [1.82, 2.24) is 25.2 Å². The Morgan fingerprint density at radius 2 is 2.22 bits per heavy atom. The first-order valence-electron chi connectivity index (χ1n) is 8.17. The molecule has 1 N–H and O–H groups in total. The van der Waals surface area contributed by atoms with Crippen LogP contribution in [0.2, 0.25) is 0 Å². The Kier molecular flexibility index (Phi) is 3.90. The third-order valence-electron chi connectivity index (χ3n) is 5.10. The molecule has 0 saturated carbocycles. The molecule has 2 aliphatic rings. The summed E-state index contributed by atoms with van der Waals surface area (Å²) in [5.41, 5.74) is 0.884. The lowest BCUT2D eigenvalue weighted by Gasteiger charge is -2.38. The zero-order valence-electron chi connectivity index (χ0n) is 13.1. The molecule has 0 atom stereocenters. The number of piperidine rings is 1. The SMILES string of the molecule is O=C(c1cn(Cc2cccs2)nn1)N1CCC2(CCNC2)CC1. The van der Waals surface area contributed by atoms with Crippen LogP contribution < -0.4 is 5.32 Å². The summed E-state index contributed by atoms with van der Waals surface area (Å²) in [4.78, 5) is 15.8. The fraction of sp³-hybridized carbons (Fsp3) is 0.562. The maximum absolute atomic E-state index is 12.6. The topological polar surface area (TPSA) is 63.1 Å². The molecule has 0 aromatic carbocycles. The number of carbonyl (C=O) groups is 1. The van der Waals surface area contributed by atoms with Crippen LogP contribution in [0.15, 0.2) is 23.7 Å². The Hall–Kier alpha value is -1.73. The van der Waals surface area contributed by atoms with Crippen molar-refractivity contribution >= 4 is 17.2 Å². The van der Waals surface area contributed by atoms with Gasteiger partial charge in [0, 0.05) is 24.5 Å². The highest BCUT2D eigenvalue weighted by molar-refractivity contribution is 7.09. The summed E-state index contributed by atoms with van der Waals surface area (Å²) >= 11 is 1.68. The largest absolute Gasteiger partial charge is 0.337 e. The minimum absolute atomic E-state index is 0.0169. The third-order valence-corrected chi connectivity index (χ3v) is 5.96. The molecule has 7 heteroatoms. The Bertz CT molecular complexity index is 664. The lowest BCUT2D eigenvalue weighted by atomic mass is 9.78. The van der Waals surface area contributed by atoms with Gasteiger partial charge in [-0.2, -0.15) is 0 Å². The van der Waals surface area contributed by atoms with Crippen molar-refractivity contribution < 1.29 is 4.79 Å². The van der Waals surface area contributed by atoms with Gasteiger partial charge in [-0.25, -0.2) is 4.68 Å². The third kappa shape index (κ3) is 3.03. The van der Waals surface area contributed by atoms with E-state index in [9.17, 15) is 4.79 Å². The van der Waals surface area contributed by atoms with Crippen LogP contribution in [0.4, 0.5) is 0 Å². The van der Waals surface area contributed by atoms with E-state index < -0.39 is 0 Å². The van der Waals surface area contributed by atoms with E-state index in [-0.39, 0.29) is 5.91 Å². The minimum atomic E-state index is 0.0169. The number of amides is 1. The number of likely N-dealkylation sites (tertiary alicyclic amines) is 1. The van der Waals surface area contributed by atoms with Gasteiger partial charge in [-0.3, -0.25) is 4.79 Å². The monoisotopic (exact) mass is 331 g/mol. The van der Waals surface area contributed by atoms with Crippen LogP contribution in [-0.4, -0.2) is 52.0 Å². The predicted octanol–water partition coefficient (Wildman–Crippen LogP) is 1.60. The molecule has 4 rings (SSSR count). The number of rotatable bonds is 3. The molecule has 6 nitrogen and oxygen atoms in total. The number of carbonyl (C=O) groups excluding carboxylic acids is 1. The molecule has 122 valence electrons. The fourth-order valence-corrected chi connectivity index (χ4v) is 4.30. The zero-order valence-corrected chi connectivity index (χ0v) is 13.9. The molecule has 2 aromatic heterocycles. The molecule has 2 saturated heterocycles. The summed E-state index contributed by atoms with van der Waals surface area (Å²) in [6.45, 7) is 4.56. The first kappa shape index (κ1) is 14.8.